The van der Waals surface area contributed by atoms with Gasteiger partial charge in [0.1, 0.15) is 0 Å². The topological polar surface area (TPSA) is 58.2 Å². The van der Waals surface area contributed by atoms with Gasteiger partial charge in [0.2, 0.25) is 0 Å². The van der Waals surface area contributed by atoms with Gasteiger partial charge in [-0.1, -0.05) is 44.7 Å². The number of nitrogens with one attached hydrogen (secondary N) is 2. The van der Waals surface area contributed by atoms with E-state index in [4.69, 9.17) is 11.6 Å². The van der Waals surface area contributed by atoms with E-state index in [2.05, 4.69) is 17.6 Å². The second-order valence-corrected chi connectivity index (χ2v) is 6.18. The highest BCUT2D eigenvalue weighted by Crippen LogP contribution is 2.36. The smallest absolute Gasteiger partial charge is 0.348 e. The van der Waals surface area contributed by atoms with Crippen LogP contribution in [0.1, 0.15) is 45.1 Å². The molecular weight excluding hydrogens is 357 g/mol. The lowest BCUT2D eigenvalue weighted by atomic mass is 9.99. The fourth-order valence-electron chi connectivity index (χ4n) is 2.27. The summed E-state index contributed by atoms with van der Waals surface area (Å²) in [5.41, 5.74) is -1.21. The van der Waals surface area contributed by atoms with E-state index < -0.39 is 28.6 Å². The first-order valence-electron chi connectivity index (χ1n) is 8.14. The van der Waals surface area contributed by atoms with Crippen LogP contribution < -0.4 is 10.6 Å². The molecule has 0 aliphatic carbocycles. The molecule has 1 rings (SSSR count). The number of unbranched alkanes of at least 4 members (excludes halogenated alkanes) is 1. The maximum atomic E-state index is 12.8. The molecule has 0 saturated carbocycles. The van der Waals surface area contributed by atoms with E-state index in [-0.39, 0.29) is 11.6 Å². The van der Waals surface area contributed by atoms with E-state index in [1.165, 1.54) is 6.07 Å². The molecular formula is C17H22ClF3N2O2. The lowest BCUT2D eigenvalue weighted by molar-refractivity contribution is -0.137. The Labute approximate surface area is 150 Å². The number of halogens is 4. The van der Waals surface area contributed by atoms with E-state index in [1.54, 1.807) is 0 Å². The van der Waals surface area contributed by atoms with Crippen molar-refractivity contribution in [3.63, 3.8) is 0 Å². The summed E-state index contributed by atoms with van der Waals surface area (Å²) in [5.74, 6) is -1.62. The molecule has 0 fully saturated rings. The quantitative estimate of drug-likeness (QED) is 0.679. The van der Waals surface area contributed by atoms with Gasteiger partial charge in [-0.2, -0.15) is 13.2 Å². The molecule has 1 aromatic rings. The fourth-order valence-corrected chi connectivity index (χ4v) is 2.49. The van der Waals surface area contributed by atoms with Crippen molar-refractivity contribution in [1.82, 2.24) is 5.32 Å². The van der Waals surface area contributed by atoms with E-state index in [9.17, 15) is 22.8 Å². The van der Waals surface area contributed by atoms with E-state index in [0.717, 1.165) is 31.7 Å². The Morgan fingerprint density at radius 2 is 1.88 bits per heavy atom. The average molecular weight is 379 g/mol. The molecule has 0 heterocycles. The molecule has 1 aromatic carbocycles. The predicted octanol–water partition coefficient (Wildman–Crippen LogP) is 4.63. The zero-order valence-electron chi connectivity index (χ0n) is 14.2. The Morgan fingerprint density at radius 1 is 1.20 bits per heavy atom. The molecule has 0 spiro atoms. The maximum Gasteiger partial charge on any atom is 0.417 e. The van der Waals surface area contributed by atoms with Gasteiger partial charge < -0.3 is 10.6 Å². The number of hydrogen-bond acceptors (Lipinski definition) is 2. The number of alkyl halides is 3. The summed E-state index contributed by atoms with van der Waals surface area (Å²) >= 11 is 5.51. The van der Waals surface area contributed by atoms with Crippen LogP contribution in [0.5, 0.6) is 0 Å². The zero-order chi connectivity index (χ0) is 19.0. The van der Waals surface area contributed by atoms with Crippen molar-refractivity contribution in [2.75, 3.05) is 11.9 Å². The third-order valence-electron chi connectivity index (χ3n) is 3.83. The summed E-state index contributed by atoms with van der Waals surface area (Å²) in [6.45, 7) is 4.43. The van der Waals surface area contributed by atoms with Crippen LogP contribution in [-0.2, 0) is 15.8 Å². The van der Waals surface area contributed by atoms with Crippen molar-refractivity contribution in [1.29, 1.82) is 0 Å². The number of benzene rings is 1. The normalized spacial score (nSPS) is 12.6. The molecule has 8 heteroatoms. The van der Waals surface area contributed by atoms with E-state index >= 15 is 0 Å². The predicted molar refractivity (Wildman–Crippen MR) is 91.4 cm³/mol. The molecule has 140 valence electrons. The third kappa shape index (κ3) is 6.94. The number of carbonyl (C=O) groups excluding carboxylic acids is 2. The minimum atomic E-state index is -4.65. The van der Waals surface area contributed by atoms with Crippen LogP contribution in [0.25, 0.3) is 0 Å². The highest BCUT2D eigenvalue weighted by atomic mass is 35.5. The van der Waals surface area contributed by atoms with Crippen molar-refractivity contribution in [3.05, 3.63) is 28.8 Å². The second-order valence-electron chi connectivity index (χ2n) is 5.77. The fraction of sp³-hybridized carbons (Fsp3) is 0.529. The summed E-state index contributed by atoms with van der Waals surface area (Å²) in [4.78, 5) is 23.7. The molecule has 0 unspecified atom stereocenters. The van der Waals surface area contributed by atoms with Gasteiger partial charge in [-0.3, -0.25) is 9.59 Å². The van der Waals surface area contributed by atoms with Crippen molar-refractivity contribution >= 4 is 29.1 Å². The van der Waals surface area contributed by atoms with Crippen LogP contribution in [0.15, 0.2) is 18.2 Å². The first-order valence-corrected chi connectivity index (χ1v) is 8.52. The van der Waals surface area contributed by atoms with E-state index in [1.807, 2.05) is 6.92 Å². The third-order valence-corrected chi connectivity index (χ3v) is 4.16. The SMILES string of the molecule is CCCC[C@@H](CC)CNC(=O)C(=O)Nc1ccc(Cl)c(C(F)(F)F)c1. The molecule has 0 bridgehead atoms. The van der Waals surface area contributed by atoms with Gasteiger partial charge in [-0.15, -0.1) is 0 Å². The Hall–Kier alpha value is -1.76. The minimum absolute atomic E-state index is 0.144. The summed E-state index contributed by atoms with van der Waals surface area (Å²) in [6, 6.07) is 2.93. The molecule has 2 N–H and O–H groups in total. The lowest BCUT2D eigenvalue weighted by Gasteiger charge is -2.15. The Bertz CT molecular complexity index is 606. The number of rotatable bonds is 7. The first-order chi connectivity index (χ1) is 11.7. The van der Waals surface area contributed by atoms with Crippen molar-refractivity contribution in [2.24, 2.45) is 5.92 Å². The number of amides is 2. The summed E-state index contributed by atoms with van der Waals surface area (Å²) in [6.07, 6.45) is -0.753. The van der Waals surface area contributed by atoms with Gasteiger partial charge >= 0.3 is 18.0 Å². The molecule has 0 aliphatic heterocycles. The summed E-state index contributed by atoms with van der Waals surface area (Å²) in [7, 11) is 0. The molecule has 25 heavy (non-hydrogen) atoms. The number of anilines is 1. The van der Waals surface area contributed by atoms with Crippen LogP contribution in [-0.4, -0.2) is 18.4 Å². The molecule has 2 amide bonds. The van der Waals surface area contributed by atoms with Gasteiger partial charge in [0, 0.05) is 12.2 Å². The van der Waals surface area contributed by atoms with Crippen LogP contribution in [0.3, 0.4) is 0 Å². The first kappa shape index (κ1) is 21.3. The minimum Gasteiger partial charge on any atom is -0.348 e. The highest BCUT2D eigenvalue weighted by molar-refractivity contribution is 6.39. The Kier molecular flexibility index (Phi) is 8.22. The van der Waals surface area contributed by atoms with Crippen molar-refractivity contribution in [2.45, 2.75) is 45.7 Å². The standard InChI is InChI=1S/C17H22ClF3N2O2/c1-3-5-6-11(4-2)10-22-15(24)16(25)23-12-7-8-14(18)13(9-12)17(19,20)21/h7-9,11H,3-6,10H2,1-2H3,(H,22,24)(H,23,25)/t11-/m1/s1. The molecule has 1 atom stereocenters. The molecule has 0 radical (unpaired) electrons. The maximum absolute atomic E-state index is 12.8. The molecule has 0 saturated heterocycles. The number of carbonyl (C=O) groups is 2. The van der Waals surface area contributed by atoms with Crippen molar-refractivity contribution in [3.8, 4) is 0 Å². The van der Waals surface area contributed by atoms with E-state index in [0.29, 0.717) is 12.6 Å². The second kappa shape index (κ2) is 9.65. The molecule has 0 aromatic heterocycles. The Balaban J connectivity index is 2.65. The average Bonchev–Trinajstić information content (AvgIpc) is 2.55. The van der Waals surface area contributed by atoms with Crippen LogP contribution >= 0.6 is 11.6 Å². The van der Waals surface area contributed by atoms with Crippen LogP contribution in [0.2, 0.25) is 5.02 Å². The highest BCUT2D eigenvalue weighted by Gasteiger charge is 2.33. The van der Waals surface area contributed by atoms with Gasteiger partial charge in [0.25, 0.3) is 0 Å². The zero-order valence-corrected chi connectivity index (χ0v) is 14.9. The van der Waals surface area contributed by atoms with Crippen LogP contribution in [0.4, 0.5) is 18.9 Å². The summed E-state index contributed by atoms with van der Waals surface area (Å²) < 4.78 is 38.4. The lowest BCUT2D eigenvalue weighted by Crippen LogP contribution is -2.38. The number of hydrogen-bond donors (Lipinski definition) is 2. The summed E-state index contributed by atoms with van der Waals surface area (Å²) in [5, 5.41) is 4.20. The van der Waals surface area contributed by atoms with Gasteiger partial charge in [-0.25, -0.2) is 0 Å². The van der Waals surface area contributed by atoms with Gasteiger partial charge in [-0.05, 0) is 30.5 Å². The monoisotopic (exact) mass is 378 g/mol. The van der Waals surface area contributed by atoms with Gasteiger partial charge in [0.15, 0.2) is 0 Å². The van der Waals surface area contributed by atoms with Crippen LogP contribution in [0, 0.1) is 5.92 Å². The molecule has 4 nitrogen and oxygen atoms in total. The van der Waals surface area contributed by atoms with Gasteiger partial charge in [0.05, 0.1) is 10.6 Å². The largest absolute Gasteiger partial charge is 0.417 e. The molecule has 0 aliphatic rings. The van der Waals surface area contributed by atoms with Crippen molar-refractivity contribution < 1.29 is 22.8 Å². The Morgan fingerprint density at radius 3 is 2.44 bits per heavy atom.